The molecular formula is C39H53F2NO5S2. The maximum Gasteiger partial charge on any atom is 0.337 e. The van der Waals surface area contributed by atoms with E-state index in [-0.39, 0.29) is 11.1 Å². The van der Waals surface area contributed by atoms with Crippen molar-refractivity contribution in [2.24, 2.45) is 11.8 Å². The molecule has 10 heteroatoms. The number of amides is 1. The number of aliphatic carboxylic acids is 1. The molecule has 0 aromatic heterocycles. The molecule has 1 heterocycles. The Morgan fingerprint density at radius 2 is 1.47 bits per heavy atom. The average molecular weight is 718 g/mol. The molecule has 270 valence electrons. The topological polar surface area (TPSA) is 87.1 Å². The Bertz CT molecular complexity index is 1300. The Hall–Kier alpha value is -2.82. The number of carboxylic acid groups (broad SMARTS) is 1. The quantitative estimate of drug-likeness (QED) is 0.0713. The van der Waals surface area contributed by atoms with Crippen molar-refractivity contribution in [2.75, 3.05) is 11.5 Å². The zero-order valence-electron chi connectivity index (χ0n) is 29.1. The number of halogens is 2. The molecule has 1 saturated heterocycles. The number of nitrogens with zero attached hydrogens (tertiary/aromatic N) is 1. The van der Waals surface area contributed by atoms with Gasteiger partial charge in [-0.15, -0.1) is 0 Å². The number of ether oxygens (including phenoxy) is 1. The summed E-state index contributed by atoms with van der Waals surface area (Å²) in [5.74, 6) is -2.62. The number of carbonyl (C=O) groups is 2. The van der Waals surface area contributed by atoms with Gasteiger partial charge in [0.1, 0.15) is 0 Å². The fourth-order valence-electron chi connectivity index (χ4n) is 6.67. The Kier molecular flexibility index (Phi) is 16.7. The summed E-state index contributed by atoms with van der Waals surface area (Å²) in [5.41, 5.74) is -2.90. The van der Waals surface area contributed by atoms with Crippen molar-refractivity contribution in [1.82, 2.24) is 4.90 Å². The predicted octanol–water partition coefficient (Wildman–Crippen LogP) is 9.40. The third-order valence-corrected chi connectivity index (χ3v) is 10.6. The van der Waals surface area contributed by atoms with Gasteiger partial charge in [-0.3, -0.25) is 9.69 Å². The van der Waals surface area contributed by atoms with Crippen LogP contribution >= 0.6 is 24.0 Å². The average Bonchev–Trinajstić information content (AvgIpc) is 3.40. The Balaban J connectivity index is 1.82. The van der Waals surface area contributed by atoms with Gasteiger partial charge in [0.05, 0.1) is 12.0 Å². The van der Waals surface area contributed by atoms with Gasteiger partial charge in [0.25, 0.3) is 5.17 Å². The summed E-state index contributed by atoms with van der Waals surface area (Å²) < 4.78 is 34.1. The number of carboxylic acids is 1. The van der Waals surface area contributed by atoms with E-state index in [1.54, 1.807) is 6.08 Å². The first-order valence-corrected chi connectivity index (χ1v) is 19.2. The van der Waals surface area contributed by atoms with Crippen molar-refractivity contribution in [3.63, 3.8) is 0 Å². The summed E-state index contributed by atoms with van der Waals surface area (Å²) in [5, 5.41) is 21.3. The van der Waals surface area contributed by atoms with Gasteiger partial charge < -0.3 is 14.9 Å². The molecule has 2 aromatic carbocycles. The van der Waals surface area contributed by atoms with Gasteiger partial charge in [0.15, 0.2) is 11.2 Å². The highest BCUT2D eigenvalue weighted by atomic mass is 32.2. The largest absolute Gasteiger partial charge is 0.479 e. The molecule has 1 aliphatic rings. The van der Waals surface area contributed by atoms with E-state index < -0.39 is 47.9 Å². The normalized spacial score (nSPS) is 17.8. The molecule has 0 aliphatic carbocycles. The lowest BCUT2D eigenvalue weighted by Gasteiger charge is -2.39. The van der Waals surface area contributed by atoms with Crippen molar-refractivity contribution in [3.8, 4) is 0 Å². The number of thioether (sulfide) groups is 1. The minimum absolute atomic E-state index is 0.210. The molecule has 3 atom stereocenters. The monoisotopic (exact) mass is 717 g/mol. The molecule has 2 N–H and O–H groups in total. The molecule has 1 aliphatic heterocycles. The zero-order chi connectivity index (χ0) is 35.9. The second-order valence-electron chi connectivity index (χ2n) is 13.2. The van der Waals surface area contributed by atoms with E-state index in [2.05, 4.69) is 6.92 Å². The van der Waals surface area contributed by atoms with E-state index in [0.717, 1.165) is 42.6 Å². The summed E-state index contributed by atoms with van der Waals surface area (Å²) in [6.45, 7) is 6.00. The zero-order valence-corrected chi connectivity index (χ0v) is 30.7. The standard InChI is InChI=1S/C39H53F2NO5S2/c1-4-5-6-10-19-26-49-27-20-11-8-7-9-18-25-32(38(46,36(44)45)28-33(40)41)35(43)42-34(29(2)3)39(47-37(42)48,30-21-14-12-15-22-30)31-23-16-13-17-24-31/h12-18,21-25,29,32-34,46H,4-11,19-20,26-28H2,1-3H3,(H,44,45)/b25-18+/t32-,34+,38+/m1/s1. The van der Waals surface area contributed by atoms with Crippen LogP contribution in [0.1, 0.15) is 103 Å². The number of rotatable bonds is 22. The summed E-state index contributed by atoms with van der Waals surface area (Å²) in [6, 6.07) is 17.8. The number of benzene rings is 2. The fraction of sp³-hybridized carbons (Fsp3) is 0.564. The van der Waals surface area contributed by atoms with Gasteiger partial charge >= 0.3 is 5.97 Å². The third-order valence-electron chi connectivity index (χ3n) is 9.16. The SMILES string of the molecule is CCCCCCCSCCCCCC/C=C/[C@H](C(=O)N1C(=S)OC(c2ccccc2)(c2ccccc2)[C@@H]1C(C)C)[C@@](O)(CC(F)F)C(=O)O. The van der Waals surface area contributed by atoms with Crippen molar-refractivity contribution in [3.05, 3.63) is 83.9 Å². The first-order chi connectivity index (χ1) is 23.5. The second kappa shape index (κ2) is 20.1. The van der Waals surface area contributed by atoms with Crippen LogP contribution < -0.4 is 0 Å². The molecule has 1 fully saturated rings. The summed E-state index contributed by atoms with van der Waals surface area (Å²) in [6.07, 6.45) is 9.09. The molecule has 3 rings (SSSR count). The fourth-order valence-corrected chi connectivity index (χ4v) is 8.03. The van der Waals surface area contributed by atoms with Crippen LogP contribution in [0, 0.1) is 11.8 Å². The number of unbranched alkanes of at least 4 members (excludes halogenated alkanes) is 8. The van der Waals surface area contributed by atoms with Gasteiger partial charge in [-0.05, 0) is 55.3 Å². The highest BCUT2D eigenvalue weighted by Crippen LogP contribution is 2.48. The van der Waals surface area contributed by atoms with E-state index >= 15 is 0 Å². The highest BCUT2D eigenvalue weighted by molar-refractivity contribution is 7.99. The number of alkyl halides is 2. The second-order valence-corrected chi connectivity index (χ2v) is 14.8. The minimum atomic E-state index is -3.17. The van der Waals surface area contributed by atoms with Crippen LogP contribution in [0.25, 0.3) is 0 Å². The predicted molar refractivity (Wildman–Crippen MR) is 198 cm³/mol. The molecule has 0 unspecified atom stereocenters. The molecule has 0 saturated carbocycles. The van der Waals surface area contributed by atoms with Crippen molar-refractivity contribution in [2.45, 2.75) is 115 Å². The lowest BCUT2D eigenvalue weighted by molar-refractivity contribution is -0.173. The molecule has 6 nitrogen and oxygen atoms in total. The van der Waals surface area contributed by atoms with E-state index in [1.165, 1.54) is 48.8 Å². The highest BCUT2D eigenvalue weighted by Gasteiger charge is 2.60. The molecular weight excluding hydrogens is 665 g/mol. The molecule has 0 radical (unpaired) electrons. The van der Waals surface area contributed by atoms with Gasteiger partial charge in [0, 0.05) is 17.5 Å². The number of aliphatic hydroxyl groups is 1. The van der Waals surface area contributed by atoms with Gasteiger partial charge in [-0.1, -0.05) is 132 Å². The Morgan fingerprint density at radius 3 is 1.96 bits per heavy atom. The summed E-state index contributed by atoms with van der Waals surface area (Å²) >= 11 is 7.67. The lowest BCUT2D eigenvalue weighted by Crippen LogP contribution is -2.57. The first kappa shape index (κ1) is 40.6. The number of hydrogen-bond donors (Lipinski definition) is 2. The van der Waals surface area contributed by atoms with Gasteiger partial charge in [0.2, 0.25) is 12.3 Å². The van der Waals surface area contributed by atoms with Crippen LogP contribution in [0.15, 0.2) is 72.8 Å². The van der Waals surface area contributed by atoms with Gasteiger partial charge in [-0.25, -0.2) is 13.6 Å². The Morgan fingerprint density at radius 1 is 0.939 bits per heavy atom. The summed E-state index contributed by atoms with van der Waals surface area (Å²) in [4.78, 5) is 28.2. The number of hydrogen-bond acceptors (Lipinski definition) is 6. The van der Waals surface area contributed by atoms with E-state index in [9.17, 15) is 28.6 Å². The van der Waals surface area contributed by atoms with Gasteiger partial charge in [-0.2, -0.15) is 11.8 Å². The van der Waals surface area contributed by atoms with Crippen LogP contribution in [0.4, 0.5) is 8.78 Å². The maximum atomic E-state index is 14.6. The van der Waals surface area contributed by atoms with Crippen molar-refractivity contribution >= 4 is 41.0 Å². The van der Waals surface area contributed by atoms with Crippen LogP contribution in [0.5, 0.6) is 0 Å². The molecule has 0 spiro atoms. The number of carbonyl (C=O) groups excluding carboxylic acids is 1. The molecule has 0 bridgehead atoms. The van der Waals surface area contributed by atoms with Crippen molar-refractivity contribution < 1.29 is 33.3 Å². The smallest absolute Gasteiger partial charge is 0.337 e. The van der Waals surface area contributed by atoms with Crippen LogP contribution in [0.2, 0.25) is 0 Å². The molecule has 1 amide bonds. The van der Waals surface area contributed by atoms with Crippen LogP contribution in [0.3, 0.4) is 0 Å². The summed E-state index contributed by atoms with van der Waals surface area (Å²) in [7, 11) is 0. The first-order valence-electron chi connectivity index (χ1n) is 17.7. The molecule has 2 aromatic rings. The van der Waals surface area contributed by atoms with Crippen LogP contribution in [-0.4, -0.2) is 61.7 Å². The van der Waals surface area contributed by atoms with Crippen LogP contribution in [-0.2, 0) is 19.9 Å². The van der Waals surface area contributed by atoms with Crippen molar-refractivity contribution in [1.29, 1.82) is 0 Å². The lowest BCUT2D eigenvalue weighted by atomic mass is 9.75. The number of thiocarbonyl (C=S) groups is 1. The molecule has 49 heavy (non-hydrogen) atoms. The van der Waals surface area contributed by atoms with E-state index in [4.69, 9.17) is 17.0 Å². The third kappa shape index (κ3) is 10.6. The number of allylic oxidation sites excluding steroid dienone is 1. The Labute approximate surface area is 300 Å². The van der Waals surface area contributed by atoms with E-state index in [1.807, 2.05) is 86.3 Å². The van der Waals surface area contributed by atoms with E-state index in [0.29, 0.717) is 6.42 Å². The maximum absolute atomic E-state index is 14.6. The minimum Gasteiger partial charge on any atom is -0.479 e.